The Hall–Kier alpha value is -1.43. The van der Waals surface area contributed by atoms with Crippen molar-refractivity contribution in [3.05, 3.63) is 46.4 Å². The molecule has 0 fully saturated rings. The van der Waals surface area contributed by atoms with E-state index in [9.17, 15) is 0 Å². The molecule has 1 atom stereocenters. The van der Waals surface area contributed by atoms with Gasteiger partial charge in [-0.2, -0.15) is 0 Å². The van der Waals surface area contributed by atoms with Crippen molar-refractivity contribution in [1.82, 2.24) is 15.0 Å². The summed E-state index contributed by atoms with van der Waals surface area (Å²) in [6.45, 7) is 0. The first-order valence-electron chi connectivity index (χ1n) is 5.51. The maximum Gasteiger partial charge on any atom is 0.111 e. The number of thiazole rings is 1. The fourth-order valence-electron chi connectivity index (χ4n) is 1.80. The number of aromatic amines is 1. The fraction of sp³-hybridized carbons (Fsp3) is 0.167. The fourth-order valence-corrected chi connectivity index (χ4v) is 2.91. The SMILES string of the molecule is NC(Cc1cnc[nH]1)c1nc2cc(Cl)ccc2s1. The summed E-state index contributed by atoms with van der Waals surface area (Å²) in [6, 6.07) is 5.58. The predicted molar refractivity (Wildman–Crippen MR) is 73.9 cm³/mol. The molecule has 1 aromatic carbocycles. The number of H-pyrrole nitrogens is 1. The zero-order chi connectivity index (χ0) is 12.5. The molecule has 4 nitrogen and oxygen atoms in total. The summed E-state index contributed by atoms with van der Waals surface area (Å²) in [5.74, 6) is 0. The van der Waals surface area contributed by atoms with Gasteiger partial charge < -0.3 is 10.7 Å². The van der Waals surface area contributed by atoms with E-state index in [-0.39, 0.29) is 6.04 Å². The van der Waals surface area contributed by atoms with Crippen molar-refractivity contribution >= 4 is 33.2 Å². The number of nitrogens with zero attached hydrogens (tertiary/aromatic N) is 2. The van der Waals surface area contributed by atoms with E-state index in [0.29, 0.717) is 11.4 Å². The first-order chi connectivity index (χ1) is 8.72. The molecule has 0 radical (unpaired) electrons. The van der Waals surface area contributed by atoms with E-state index in [1.54, 1.807) is 23.9 Å². The normalized spacial score (nSPS) is 13.0. The first-order valence-corrected chi connectivity index (χ1v) is 6.70. The molecule has 0 amide bonds. The summed E-state index contributed by atoms with van der Waals surface area (Å²) in [6.07, 6.45) is 4.14. The van der Waals surface area contributed by atoms with E-state index >= 15 is 0 Å². The number of nitrogens with two attached hydrogens (primary N) is 1. The highest BCUT2D eigenvalue weighted by molar-refractivity contribution is 7.18. The van der Waals surface area contributed by atoms with E-state index in [1.807, 2.05) is 18.2 Å². The zero-order valence-corrected chi connectivity index (χ0v) is 11.0. The Bertz CT molecular complexity index is 662. The van der Waals surface area contributed by atoms with Gasteiger partial charge in [0.2, 0.25) is 0 Å². The quantitative estimate of drug-likeness (QED) is 0.774. The maximum absolute atomic E-state index is 6.16. The lowest BCUT2D eigenvalue weighted by molar-refractivity contribution is 0.705. The Kier molecular flexibility index (Phi) is 3.03. The Labute approximate surface area is 113 Å². The minimum Gasteiger partial charge on any atom is -0.348 e. The number of imidazole rings is 1. The molecule has 3 rings (SSSR count). The van der Waals surface area contributed by atoms with Gasteiger partial charge in [-0.25, -0.2) is 9.97 Å². The second kappa shape index (κ2) is 4.68. The van der Waals surface area contributed by atoms with Gasteiger partial charge in [-0.15, -0.1) is 11.3 Å². The molecule has 18 heavy (non-hydrogen) atoms. The number of fused-ring (bicyclic) bond motifs is 1. The third-order valence-corrected chi connectivity index (χ3v) is 4.08. The number of benzene rings is 1. The Morgan fingerprint density at radius 1 is 1.44 bits per heavy atom. The molecule has 3 N–H and O–H groups in total. The molecule has 6 heteroatoms. The van der Waals surface area contributed by atoms with Gasteiger partial charge in [0, 0.05) is 23.3 Å². The smallest absolute Gasteiger partial charge is 0.111 e. The van der Waals surface area contributed by atoms with Gasteiger partial charge in [-0.1, -0.05) is 11.6 Å². The molecule has 3 aromatic rings. The molecule has 92 valence electrons. The molecule has 0 aliphatic rings. The molecule has 0 aliphatic heterocycles. The van der Waals surface area contributed by atoms with Crippen LogP contribution < -0.4 is 5.73 Å². The van der Waals surface area contributed by atoms with Crippen LogP contribution in [0, 0.1) is 0 Å². The van der Waals surface area contributed by atoms with Crippen LogP contribution in [-0.4, -0.2) is 15.0 Å². The van der Waals surface area contributed by atoms with Gasteiger partial charge in [-0.3, -0.25) is 0 Å². The van der Waals surface area contributed by atoms with Gasteiger partial charge in [-0.05, 0) is 18.2 Å². The van der Waals surface area contributed by atoms with Crippen molar-refractivity contribution in [3.63, 3.8) is 0 Å². The van der Waals surface area contributed by atoms with E-state index in [1.165, 1.54) is 0 Å². The summed E-state index contributed by atoms with van der Waals surface area (Å²) in [5.41, 5.74) is 8.07. The van der Waals surface area contributed by atoms with Crippen LogP contribution >= 0.6 is 22.9 Å². The van der Waals surface area contributed by atoms with Crippen molar-refractivity contribution < 1.29 is 0 Å². The van der Waals surface area contributed by atoms with Crippen LogP contribution in [0.15, 0.2) is 30.7 Å². The Morgan fingerprint density at radius 3 is 3.11 bits per heavy atom. The average molecular weight is 279 g/mol. The summed E-state index contributed by atoms with van der Waals surface area (Å²) >= 11 is 7.55. The van der Waals surface area contributed by atoms with Crippen LogP contribution in [0.3, 0.4) is 0 Å². The molecule has 0 saturated heterocycles. The predicted octanol–water partition coefficient (Wildman–Crippen LogP) is 2.92. The second-order valence-electron chi connectivity index (χ2n) is 4.05. The summed E-state index contributed by atoms with van der Waals surface area (Å²) in [5, 5.41) is 1.61. The summed E-state index contributed by atoms with van der Waals surface area (Å²) < 4.78 is 1.11. The summed E-state index contributed by atoms with van der Waals surface area (Å²) in [4.78, 5) is 11.6. The first kappa shape index (κ1) is 11.6. The van der Waals surface area contributed by atoms with E-state index in [2.05, 4.69) is 15.0 Å². The average Bonchev–Trinajstić information content (AvgIpc) is 2.96. The van der Waals surface area contributed by atoms with Crippen LogP contribution in [0.1, 0.15) is 16.7 Å². The van der Waals surface area contributed by atoms with Crippen molar-refractivity contribution in [2.24, 2.45) is 5.73 Å². The van der Waals surface area contributed by atoms with Crippen LogP contribution in [0.2, 0.25) is 5.02 Å². The monoisotopic (exact) mass is 278 g/mol. The van der Waals surface area contributed by atoms with Crippen LogP contribution in [0.25, 0.3) is 10.2 Å². The van der Waals surface area contributed by atoms with E-state index in [4.69, 9.17) is 17.3 Å². The topological polar surface area (TPSA) is 67.6 Å². The minimum absolute atomic E-state index is 0.123. The number of rotatable bonds is 3. The Balaban J connectivity index is 1.89. The number of hydrogen-bond donors (Lipinski definition) is 2. The number of halogens is 1. The second-order valence-corrected chi connectivity index (χ2v) is 5.55. The molecule has 0 aliphatic carbocycles. The van der Waals surface area contributed by atoms with Crippen molar-refractivity contribution in [2.75, 3.05) is 0 Å². The van der Waals surface area contributed by atoms with Gasteiger partial charge >= 0.3 is 0 Å². The third kappa shape index (κ3) is 2.25. The lowest BCUT2D eigenvalue weighted by Gasteiger charge is -2.05. The van der Waals surface area contributed by atoms with Crippen molar-refractivity contribution in [1.29, 1.82) is 0 Å². The molecule has 0 bridgehead atoms. The van der Waals surface area contributed by atoms with Gasteiger partial charge in [0.05, 0.1) is 22.6 Å². The highest BCUT2D eigenvalue weighted by atomic mass is 35.5. The standard InChI is InChI=1S/C12H11ClN4S/c13-7-1-2-11-10(3-7)17-12(18-11)9(14)4-8-5-15-6-16-8/h1-3,5-6,9H,4,14H2,(H,15,16). The maximum atomic E-state index is 6.16. The minimum atomic E-state index is -0.123. The molecule has 0 saturated carbocycles. The highest BCUT2D eigenvalue weighted by Gasteiger charge is 2.13. The molecule has 2 heterocycles. The third-order valence-electron chi connectivity index (χ3n) is 2.68. The van der Waals surface area contributed by atoms with Gasteiger partial charge in [0.15, 0.2) is 0 Å². The zero-order valence-electron chi connectivity index (χ0n) is 9.43. The van der Waals surface area contributed by atoms with Crippen molar-refractivity contribution in [2.45, 2.75) is 12.5 Å². The molecular formula is C12H11ClN4S. The molecular weight excluding hydrogens is 268 g/mol. The van der Waals surface area contributed by atoms with Crippen LogP contribution in [0.5, 0.6) is 0 Å². The lowest BCUT2D eigenvalue weighted by Crippen LogP contribution is -2.13. The highest BCUT2D eigenvalue weighted by Crippen LogP contribution is 2.28. The molecule has 2 aromatic heterocycles. The lowest BCUT2D eigenvalue weighted by atomic mass is 10.2. The van der Waals surface area contributed by atoms with Gasteiger partial charge in [0.1, 0.15) is 5.01 Å². The molecule has 0 spiro atoms. The number of nitrogens with one attached hydrogen (secondary N) is 1. The van der Waals surface area contributed by atoms with Gasteiger partial charge in [0.25, 0.3) is 0 Å². The Morgan fingerprint density at radius 2 is 2.33 bits per heavy atom. The number of aromatic nitrogens is 3. The van der Waals surface area contributed by atoms with Crippen LogP contribution in [0.4, 0.5) is 0 Å². The number of hydrogen-bond acceptors (Lipinski definition) is 4. The van der Waals surface area contributed by atoms with Crippen LogP contribution in [-0.2, 0) is 6.42 Å². The van der Waals surface area contributed by atoms with E-state index < -0.39 is 0 Å². The van der Waals surface area contributed by atoms with E-state index in [0.717, 1.165) is 20.9 Å². The van der Waals surface area contributed by atoms with Crippen molar-refractivity contribution in [3.8, 4) is 0 Å². The summed E-state index contributed by atoms with van der Waals surface area (Å²) in [7, 11) is 0. The largest absolute Gasteiger partial charge is 0.348 e. The molecule has 1 unspecified atom stereocenters.